The summed E-state index contributed by atoms with van der Waals surface area (Å²) < 4.78 is 22.7. The van der Waals surface area contributed by atoms with Gasteiger partial charge in [0.15, 0.2) is 17.2 Å². The van der Waals surface area contributed by atoms with Crippen molar-refractivity contribution >= 4 is 11.9 Å². The van der Waals surface area contributed by atoms with Gasteiger partial charge in [-0.3, -0.25) is 9.59 Å². The van der Waals surface area contributed by atoms with Crippen molar-refractivity contribution in [3.8, 4) is 23.1 Å². The van der Waals surface area contributed by atoms with Gasteiger partial charge in [0.05, 0.1) is 45.6 Å². The molecule has 2 aliphatic heterocycles. The number of amides is 1. The molecule has 0 saturated carbocycles. The summed E-state index contributed by atoms with van der Waals surface area (Å²) in [6, 6.07) is 5.87. The summed E-state index contributed by atoms with van der Waals surface area (Å²) in [7, 11) is 3.15. The van der Waals surface area contributed by atoms with Gasteiger partial charge in [-0.1, -0.05) is 6.92 Å². The van der Waals surface area contributed by atoms with Gasteiger partial charge in [-0.15, -0.1) is 0 Å². The van der Waals surface area contributed by atoms with E-state index in [1.54, 1.807) is 12.0 Å². The number of carbonyl (C=O) groups is 2. The third kappa shape index (κ3) is 5.59. The van der Waals surface area contributed by atoms with Crippen LogP contribution in [0.5, 0.6) is 23.1 Å². The Kier molecular flexibility index (Phi) is 7.60. The molecule has 35 heavy (non-hydrogen) atoms. The second kappa shape index (κ2) is 10.8. The summed E-state index contributed by atoms with van der Waals surface area (Å²) in [6.45, 7) is 4.72. The quantitative estimate of drug-likeness (QED) is 0.463. The number of fused-ring (bicyclic) bond motifs is 2. The van der Waals surface area contributed by atoms with E-state index in [1.165, 1.54) is 25.2 Å². The van der Waals surface area contributed by atoms with E-state index in [9.17, 15) is 9.59 Å². The molecule has 10 nitrogen and oxygen atoms in total. The van der Waals surface area contributed by atoms with Gasteiger partial charge >= 0.3 is 5.97 Å². The van der Waals surface area contributed by atoms with Gasteiger partial charge in [-0.25, -0.2) is 4.98 Å². The molecule has 0 radical (unpaired) electrons. The number of nitrogens with one attached hydrogen (secondary N) is 1. The topological polar surface area (TPSA) is 119 Å². The molecule has 0 bridgehead atoms. The van der Waals surface area contributed by atoms with Crippen molar-refractivity contribution in [2.75, 3.05) is 27.4 Å². The molecule has 1 amide bonds. The molecule has 188 valence electrons. The maximum absolute atomic E-state index is 12.5. The number of aliphatic carboxylic acids is 1. The van der Waals surface area contributed by atoms with E-state index < -0.39 is 11.9 Å². The number of carboxylic acids is 1. The van der Waals surface area contributed by atoms with Crippen molar-refractivity contribution < 1.29 is 33.6 Å². The average Bonchev–Trinajstić information content (AvgIpc) is 3.48. The molecule has 0 spiro atoms. The van der Waals surface area contributed by atoms with Crippen LogP contribution in [0.15, 0.2) is 18.2 Å². The molecular weight excluding hydrogens is 454 g/mol. The maximum atomic E-state index is 12.5. The molecule has 1 aromatic carbocycles. The second-order valence-corrected chi connectivity index (χ2v) is 8.72. The highest BCUT2D eigenvalue weighted by molar-refractivity contribution is 5.82. The van der Waals surface area contributed by atoms with Gasteiger partial charge in [0.25, 0.3) is 5.88 Å². The van der Waals surface area contributed by atoms with Crippen LogP contribution in [0.2, 0.25) is 0 Å². The zero-order valence-electron chi connectivity index (χ0n) is 20.3. The number of hydrogen-bond donors (Lipinski definition) is 2. The van der Waals surface area contributed by atoms with Crippen LogP contribution in [-0.2, 0) is 35.8 Å². The second-order valence-electron chi connectivity index (χ2n) is 8.72. The Labute approximate surface area is 204 Å². The predicted molar refractivity (Wildman–Crippen MR) is 126 cm³/mol. The van der Waals surface area contributed by atoms with Crippen LogP contribution >= 0.6 is 0 Å². The lowest BCUT2D eigenvalue weighted by Gasteiger charge is -2.16. The van der Waals surface area contributed by atoms with Crippen LogP contribution < -0.4 is 24.3 Å². The van der Waals surface area contributed by atoms with E-state index >= 15 is 0 Å². The van der Waals surface area contributed by atoms with Crippen LogP contribution in [0.4, 0.5) is 0 Å². The van der Waals surface area contributed by atoms with Crippen molar-refractivity contribution in [3.63, 3.8) is 0 Å². The number of methoxy groups -OCH3 is 2. The molecular formula is C25H31N3O7. The fourth-order valence-electron chi connectivity index (χ4n) is 4.17. The van der Waals surface area contributed by atoms with Crippen LogP contribution in [0.1, 0.15) is 42.1 Å². The average molecular weight is 486 g/mol. The first-order valence-electron chi connectivity index (χ1n) is 11.6. The molecule has 3 heterocycles. The number of rotatable bonds is 11. The Bertz CT molecular complexity index is 1100. The van der Waals surface area contributed by atoms with Gasteiger partial charge < -0.3 is 34.3 Å². The van der Waals surface area contributed by atoms with Crippen LogP contribution in [0, 0.1) is 5.92 Å². The highest BCUT2D eigenvalue weighted by Gasteiger charge is 2.29. The molecule has 0 fully saturated rings. The number of nitrogens with zero attached hydrogens (tertiary/aromatic N) is 2. The fourth-order valence-corrected chi connectivity index (χ4v) is 4.17. The van der Waals surface area contributed by atoms with E-state index in [-0.39, 0.29) is 12.3 Å². The molecule has 2 aromatic rings. The van der Waals surface area contributed by atoms with Crippen LogP contribution in [0.25, 0.3) is 0 Å². The van der Waals surface area contributed by atoms with Crippen molar-refractivity contribution in [2.45, 2.75) is 45.9 Å². The van der Waals surface area contributed by atoms with Gasteiger partial charge in [0, 0.05) is 32.5 Å². The first-order valence-corrected chi connectivity index (χ1v) is 11.6. The first kappa shape index (κ1) is 24.6. The smallest absolute Gasteiger partial charge is 0.306 e. The lowest BCUT2D eigenvalue weighted by Crippen LogP contribution is -2.28. The minimum absolute atomic E-state index is 0.0463. The van der Waals surface area contributed by atoms with E-state index in [1.807, 2.05) is 18.2 Å². The molecule has 2 N–H and O–H groups in total. The minimum Gasteiger partial charge on any atom is -0.493 e. The number of carbonyl (C=O) groups excluding carboxylic acids is 1. The molecule has 1 aromatic heterocycles. The largest absolute Gasteiger partial charge is 0.493 e. The maximum Gasteiger partial charge on any atom is 0.306 e. The lowest BCUT2D eigenvalue weighted by atomic mass is 10.1. The highest BCUT2D eigenvalue weighted by atomic mass is 16.5. The Morgan fingerprint density at radius 2 is 1.66 bits per heavy atom. The lowest BCUT2D eigenvalue weighted by molar-refractivity contribution is -0.145. The zero-order chi connectivity index (χ0) is 24.9. The Morgan fingerprint density at radius 1 is 1.00 bits per heavy atom. The first-order chi connectivity index (χ1) is 16.9. The fraction of sp³-hybridized carbons (Fsp3) is 0.480. The SMILES string of the molecule is COc1cc2c(cc1OCCCOc1cc3c(nc1OC)CN(C(=O)C[C@H](C)C(=O)O)C3)CNC2. The summed E-state index contributed by atoms with van der Waals surface area (Å²) in [5.41, 5.74) is 4.04. The van der Waals surface area contributed by atoms with Gasteiger partial charge in [0.1, 0.15) is 0 Å². The minimum atomic E-state index is -0.985. The summed E-state index contributed by atoms with van der Waals surface area (Å²) >= 11 is 0. The van der Waals surface area contributed by atoms with Crippen molar-refractivity contribution in [1.29, 1.82) is 0 Å². The molecule has 4 rings (SSSR count). The van der Waals surface area contributed by atoms with Crippen molar-refractivity contribution in [2.24, 2.45) is 5.92 Å². The van der Waals surface area contributed by atoms with Crippen molar-refractivity contribution in [3.05, 3.63) is 40.6 Å². The molecule has 10 heteroatoms. The van der Waals surface area contributed by atoms with E-state index in [2.05, 4.69) is 10.3 Å². The van der Waals surface area contributed by atoms with Gasteiger partial charge in [0.2, 0.25) is 5.91 Å². The third-order valence-electron chi connectivity index (χ3n) is 6.19. The molecule has 0 unspecified atom stereocenters. The van der Waals surface area contributed by atoms with Gasteiger partial charge in [-0.05, 0) is 34.9 Å². The number of carboxylic acid groups (broad SMARTS) is 1. The Morgan fingerprint density at radius 3 is 2.31 bits per heavy atom. The number of hydrogen-bond acceptors (Lipinski definition) is 8. The Hall–Kier alpha value is -3.53. The summed E-state index contributed by atoms with van der Waals surface area (Å²) in [5, 5.41) is 12.4. The number of ether oxygens (including phenoxy) is 4. The Balaban J connectivity index is 1.31. The monoisotopic (exact) mass is 485 g/mol. The molecule has 0 saturated heterocycles. The number of benzene rings is 1. The summed E-state index contributed by atoms with van der Waals surface area (Å²) in [4.78, 5) is 29.7. The normalized spacial score (nSPS) is 14.8. The summed E-state index contributed by atoms with van der Waals surface area (Å²) in [6.07, 6.45) is 0.589. The van der Waals surface area contributed by atoms with E-state index in [0.29, 0.717) is 50.1 Å². The summed E-state index contributed by atoms with van der Waals surface area (Å²) in [5.74, 6) is 0.355. The van der Waals surface area contributed by atoms with Crippen molar-refractivity contribution in [1.82, 2.24) is 15.2 Å². The van der Waals surface area contributed by atoms with Gasteiger partial charge in [-0.2, -0.15) is 0 Å². The highest BCUT2D eigenvalue weighted by Crippen LogP contribution is 2.34. The molecule has 0 aliphatic carbocycles. The third-order valence-corrected chi connectivity index (χ3v) is 6.19. The number of aromatic nitrogens is 1. The molecule has 2 aliphatic rings. The van der Waals surface area contributed by atoms with E-state index in [4.69, 9.17) is 24.1 Å². The molecule has 1 atom stereocenters. The van der Waals surface area contributed by atoms with Crippen LogP contribution in [0.3, 0.4) is 0 Å². The standard InChI is InChI=1S/C25H31N3O7/c1-15(25(30)31)7-23(29)28-13-18-10-22(24(33-3)27-19(18)14-28)35-6-4-5-34-21-9-17-12-26-11-16(17)8-20(21)32-2/h8-10,15,26H,4-7,11-14H2,1-3H3,(H,30,31)/t15-/m0/s1. The number of pyridine rings is 1. The van der Waals surface area contributed by atoms with Crippen LogP contribution in [-0.4, -0.2) is 54.3 Å². The predicted octanol–water partition coefficient (Wildman–Crippen LogP) is 2.50. The van der Waals surface area contributed by atoms with E-state index in [0.717, 1.165) is 30.1 Å². The zero-order valence-corrected chi connectivity index (χ0v) is 20.3.